The number of halogens is 2. The number of nitrogens with one attached hydrogen (secondary N) is 1. The van der Waals surface area contributed by atoms with Crippen molar-refractivity contribution < 1.29 is 9.59 Å². The molecule has 0 fully saturated rings. The van der Waals surface area contributed by atoms with Gasteiger partial charge in [0.1, 0.15) is 6.04 Å². The predicted octanol–water partition coefficient (Wildman–Crippen LogP) is 4.43. The van der Waals surface area contributed by atoms with Gasteiger partial charge in [0.05, 0.1) is 0 Å². The van der Waals surface area contributed by atoms with Crippen molar-refractivity contribution >= 4 is 35.0 Å². The van der Waals surface area contributed by atoms with Gasteiger partial charge in [-0.3, -0.25) is 9.59 Å². The number of amides is 2. The Bertz CT molecular complexity index is 597. The third-order valence-corrected chi connectivity index (χ3v) is 4.07. The molecule has 1 atom stereocenters. The van der Waals surface area contributed by atoms with E-state index in [1.807, 2.05) is 27.7 Å². The lowest BCUT2D eigenvalue weighted by Crippen LogP contribution is -2.52. The highest BCUT2D eigenvalue weighted by molar-refractivity contribution is 6.35. The molecular formula is C18H26Cl2N2O2. The van der Waals surface area contributed by atoms with Gasteiger partial charge >= 0.3 is 0 Å². The maximum atomic E-state index is 12.5. The van der Waals surface area contributed by atoms with E-state index in [0.29, 0.717) is 16.5 Å². The van der Waals surface area contributed by atoms with Gasteiger partial charge in [-0.05, 0) is 51.8 Å². The van der Waals surface area contributed by atoms with Crippen LogP contribution in [0, 0.1) is 0 Å². The number of benzene rings is 1. The molecule has 134 valence electrons. The second-order valence-electron chi connectivity index (χ2n) is 6.92. The molecule has 4 nitrogen and oxygen atoms in total. The van der Waals surface area contributed by atoms with Crippen LogP contribution in [-0.4, -0.2) is 28.3 Å². The summed E-state index contributed by atoms with van der Waals surface area (Å²) in [6, 6.07) is 4.56. The number of carbonyl (C=O) groups excluding carboxylic acids is 2. The van der Waals surface area contributed by atoms with Crippen LogP contribution in [0.2, 0.25) is 10.0 Å². The van der Waals surface area contributed by atoms with E-state index in [-0.39, 0.29) is 23.9 Å². The molecule has 0 saturated carbocycles. The third kappa shape index (κ3) is 6.33. The summed E-state index contributed by atoms with van der Waals surface area (Å²) in [6.45, 7) is 9.67. The molecule has 0 bridgehead atoms. The Balaban J connectivity index is 3.03. The molecule has 0 aromatic heterocycles. The zero-order chi connectivity index (χ0) is 18.5. The summed E-state index contributed by atoms with van der Waals surface area (Å²) in [6.07, 6.45) is 1.11. The second-order valence-corrected chi connectivity index (χ2v) is 7.77. The summed E-state index contributed by atoms with van der Waals surface area (Å²) >= 11 is 12.1. The molecule has 0 aliphatic rings. The number of carbonyl (C=O) groups is 2. The summed E-state index contributed by atoms with van der Waals surface area (Å²) < 4.78 is 0. The van der Waals surface area contributed by atoms with Crippen LogP contribution in [0.3, 0.4) is 0 Å². The molecule has 0 spiro atoms. The average molecular weight is 373 g/mol. The van der Waals surface area contributed by atoms with E-state index >= 15 is 0 Å². The van der Waals surface area contributed by atoms with E-state index < -0.39 is 6.04 Å². The van der Waals surface area contributed by atoms with Crippen LogP contribution in [0.15, 0.2) is 18.2 Å². The summed E-state index contributed by atoms with van der Waals surface area (Å²) in [4.78, 5) is 26.6. The van der Waals surface area contributed by atoms with Gasteiger partial charge in [-0.1, -0.05) is 36.2 Å². The van der Waals surface area contributed by atoms with Crippen molar-refractivity contribution in [3.05, 3.63) is 33.8 Å². The first-order chi connectivity index (χ1) is 11.0. The van der Waals surface area contributed by atoms with E-state index in [1.165, 1.54) is 0 Å². The molecule has 2 amide bonds. The fourth-order valence-electron chi connectivity index (χ4n) is 2.25. The van der Waals surface area contributed by atoms with Crippen molar-refractivity contribution in [2.75, 3.05) is 0 Å². The van der Waals surface area contributed by atoms with E-state index in [1.54, 1.807) is 30.0 Å². The normalized spacial score (nSPS) is 12.6. The molecule has 24 heavy (non-hydrogen) atoms. The fourth-order valence-corrected chi connectivity index (χ4v) is 2.72. The van der Waals surface area contributed by atoms with Gasteiger partial charge in [-0.2, -0.15) is 0 Å². The zero-order valence-corrected chi connectivity index (χ0v) is 16.5. The summed E-state index contributed by atoms with van der Waals surface area (Å²) in [5, 5.41) is 3.94. The molecule has 0 heterocycles. The van der Waals surface area contributed by atoms with E-state index in [2.05, 4.69) is 5.32 Å². The lowest BCUT2D eigenvalue weighted by atomic mass is 10.1. The summed E-state index contributed by atoms with van der Waals surface area (Å²) in [5.74, 6) is -0.253. The zero-order valence-electron chi connectivity index (χ0n) is 15.0. The van der Waals surface area contributed by atoms with E-state index in [4.69, 9.17) is 23.2 Å². The summed E-state index contributed by atoms with van der Waals surface area (Å²) in [7, 11) is 0. The molecule has 0 aliphatic carbocycles. The quantitative estimate of drug-likeness (QED) is 0.802. The van der Waals surface area contributed by atoms with E-state index in [0.717, 1.165) is 12.0 Å². The number of hydrogen-bond donors (Lipinski definition) is 1. The van der Waals surface area contributed by atoms with Crippen molar-refractivity contribution in [2.45, 2.75) is 65.6 Å². The van der Waals surface area contributed by atoms with Crippen LogP contribution in [0.25, 0.3) is 0 Å². The molecule has 0 unspecified atom stereocenters. The van der Waals surface area contributed by atoms with Gasteiger partial charge in [0.15, 0.2) is 0 Å². The van der Waals surface area contributed by atoms with Gasteiger partial charge in [-0.15, -0.1) is 0 Å². The first kappa shape index (κ1) is 20.8. The van der Waals surface area contributed by atoms with Crippen molar-refractivity contribution in [3.8, 4) is 0 Å². The van der Waals surface area contributed by atoms with Crippen molar-refractivity contribution in [3.63, 3.8) is 0 Å². The van der Waals surface area contributed by atoms with Crippen LogP contribution in [-0.2, 0) is 16.1 Å². The molecule has 0 radical (unpaired) electrons. The standard InChI is InChI=1S/C18H26Cl2N2O2/c1-6-7-16(23)22(12(2)17(24)21-18(3,4)5)11-13-8-9-14(19)10-15(13)20/h8-10,12H,6-7,11H2,1-5H3,(H,21,24)/t12-/m0/s1. The summed E-state index contributed by atoms with van der Waals surface area (Å²) in [5.41, 5.74) is 0.406. The highest BCUT2D eigenvalue weighted by Crippen LogP contribution is 2.23. The van der Waals surface area contributed by atoms with Gasteiger partial charge in [0.25, 0.3) is 0 Å². The lowest BCUT2D eigenvalue weighted by molar-refractivity contribution is -0.141. The van der Waals surface area contributed by atoms with Gasteiger partial charge in [0, 0.05) is 28.5 Å². The third-order valence-electron chi connectivity index (χ3n) is 3.49. The van der Waals surface area contributed by atoms with Crippen LogP contribution in [0.1, 0.15) is 53.0 Å². The SMILES string of the molecule is CCCC(=O)N(Cc1ccc(Cl)cc1Cl)[C@@H](C)C(=O)NC(C)(C)C. The van der Waals surface area contributed by atoms with Crippen LogP contribution >= 0.6 is 23.2 Å². The highest BCUT2D eigenvalue weighted by atomic mass is 35.5. The first-order valence-electron chi connectivity index (χ1n) is 8.10. The van der Waals surface area contributed by atoms with E-state index in [9.17, 15) is 9.59 Å². The molecule has 1 aromatic rings. The first-order valence-corrected chi connectivity index (χ1v) is 8.86. The topological polar surface area (TPSA) is 49.4 Å². The Kier molecular flexibility index (Phi) is 7.56. The Labute approximate surface area is 154 Å². The van der Waals surface area contributed by atoms with Crippen molar-refractivity contribution in [1.29, 1.82) is 0 Å². The lowest BCUT2D eigenvalue weighted by Gasteiger charge is -2.31. The Morgan fingerprint density at radius 3 is 2.38 bits per heavy atom. The molecule has 0 saturated heterocycles. The maximum absolute atomic E-state index is 12.5. The molecule has 6 heteroatoms. The van der Waals surface area contributed by atoms with Crippen molar-refractivity contribution in [2.24, 2.45) is 0 Å². The minimum Gasteiger partial charge on any atom is -0.350 e. The molecule has 1 N–H and O–H groups in total. The smallest absolute Gasteiger partial charge is 0.242 e. The van der Waals surface area contributed by atoms with Gasteiger partial charge < -0.3 is 10.2 Å². The predicted molar refractivity (Wildman–Crippen MR) is 99.3 cm³/mol. The maximum Gasteiger partial charge on any atom is 0.242 e. The number of hydrogen-bond acceptors (Lipinski definition) is 2. The van der Waals surface area contributed by atoms with Crippen LogP contribution in [0.5, 0.6) is 0 Å². The largest absolute Gasteiger partial charge is 0.350 e. The second kappa shape index (κ2) is 8.72. The number of rotatable bonds is 6. The fraction of sp³-hybridized carbons (Fsp3) is 0.556. The molecule has 1 aromatic carbocycles. The Morgan fingerprint density at radius 2 is 1.88 bits per heavy atom. The van der Waals surface area contributed by atoms with Crippen LogP contribution < -0.4 is 5.32 Å². The monoisotopic (exact) mass is 372 g/mol. The van der Waals surface area contributed by atoms with Crippen molar-refractivity contribution in [1.82, 2.24) is 10.2 Å². The average Bonchev–Trinajstić information content (AvgIpc) is 2.44. The minimum absolute atomic E-state index is 0.0694. The Morgan fingerprint density at radius 1 is 1.25 bits per heavy atom. The highest BCUT2D eigenvalue weighted by Gasteiger charge is 2.28. The molecule has 0 aliphatic heterocycles. The van der Waals surface area contributed by atoms with Crippen LogP contribution in [0.4, 0.5) is 0 Å². The van der Waals surface area contributed by atoms with Gasteiger partial charge in [-0.25, -0.2) is 0 Å². The Hall–Kier alpha value is -1.26. The molecule has 1 rings (SSSR count). The minimum atomic E-state index is -0.588. The molecular weight excluding hydrogens is 347 g/mol. The number of nitrogens with zero attached hydrogens (tertiary/aromatic N) is 1. The van der Waals surface area contributed by atoms with Gasteiger partial charge in [0.2, 0.25) is 11.8 Å².